The molecule has 0 saturated heterocycles. The third-order valence-electron chi connectivity index (χ3n) is 3.87. The molecule has 6 nitrogen and oxygen atoms in total. The third kappa shape index (κ3) is 6.82. The molecule has 0 aliphatic rings. The Kier molecular flexibility index (Phi) is 13.4. The highest BCUT2D eigenvalue weighted by atomic mass is 35.5. The molecule has 0 saturated carbocycles. The largest absolute Gasteiger partial charge is 1.00 e. The van der Waals surface area contributed by atoms with Gasteiger partial charge in [0, 0.05) is 33.8 Å². The Hall–Kier alpha value is 0.267. The first-order chi connectivity index (χ1) is 9.07. The number of halogens is 1. The van der Waals surface area contributed by atoms with E-state index < -0.39 is 8.80 Å². The van der Waals surface area contributed by atoms with Crippen LogP contribution in [0.1, 0.15) is 13.3 Å². The van der Waals surface area contributed by atoms with Gasteiger partial charge < -0.3 is 40.4 Å². The number of quaternary nitrogens is 1. The molecule has 8 heteroatoms. The van der Waals surface area contributed by atoms with Crippen LogP contribution in [0, 0.1) is 0 Å². The van der Waals surface area contributed by atoms with Crippen molar-refractivity contribution in [2.24, 2.45) is 0 Å². The van der Waals surface area contributed by atoms with E-state index in [-0.39, 0.29) is 25.6 Å². The Labute approximate surface area is 130 Å². The van der Waals surface area contributed by atoms with Crippen molar-refractivity contribution < 1.29 is 40.4 Å². The van der Waals surface area contributed by atoms with Crippen molar-refractivity contribution in [3.8, 4) is 0 Å². The molecule has 0 bridgehead atoms. The Morgan fingerprint density at radius 2 is 1.35 bits per heavy atom. The lowest BCUT2D eigenvalue weighted by Crippen LogP contribution is -3.00. The monoisotopic (exact) mass is 331 g/mol. The fourth-order valence-electron chi connectivity index (χ4n) is 2.42. The van der Waals surface area contributed by atoms with E-state index in [0.29, 0.717) is 17.6 Å². The highest BCUT2D eigenvalue weighted by molar-refractivity contribution is 6.60. The Balaban J connectivity index is 0. The maximum atomic E-state index is 9.19. The zero-order chi connectivity index (χ0) is 14.8. The maximum absolute atomic E-state index is 9.19. The smallest absolute Gasteiger partial charge is 0.500 e. The van der Waals surface area contributed by atoms with E-state index in [1.807, 2.05) is 0 Å². The van der Waals surface area contributed by atoms with Gasteiger partial charge in [0.1, 0.15) is 13.1 Å². The molecule has 124 valence electrons. The van der Waals surface area contributed by atoms with Gasteiger partial charge in [0.05, 0.1) is 26.3 Å². The summed E-state index contributed by atoms with van der Waals surface area (Å²) >= 11 is 0. The molecule has 0 fully saturated rings. The van der Waals surface area contributed by atoms with E-state index in [1.165, 1.54) is 0 Å². The van der Waals surface area contributed by atoms with Crippen LogP contribution in [0.5, 0.6) is 0 Å². The van der Waals surface area contributed by atoms with Crippen molar-refractivity contribution >= 4 is 8.80 Å². The first kappa shape index (κ1) is 22.5. The van der Waals surface area contributed by atoms with Crippen LogP contribution in [-0.2, 0) is 13.3 Å². The fourth-order valence-corrected chi connectivity index (χ4v) is 4.12. The predicted octanol–water partition coefficient (Wildman–Crippen LogP) is -2.92. The van der Waals surface area contributed by atoms with Gasteiger partial charge in [0.15, 0.2) is 0 Å². The van der Waals surface area contributed by atoms with Gasteiger partial charge >= 0.3 is 8.80 Å². The van der Waals surface area contributed by atoms with Crippen molar-refractivity contribution in [1.82, 2.24) is 0 Å². The van der Waals surface area contributed by atoms with Crippen LogP contribution in [0.4, 0.5) is 0 Å². The number of nitrogens with zero attached hydrogens (tertiary/aromatic N) is 1. The summed E-state index contributed by atoms with van der Waals surface area (Å²) < 4.78 is 16.9. The molecule has 0 aromatic rings. The Morgan fingerprint density at radius 1 is 0.900 bits per heavy atom. The molecule has 0 spiro atoms. The molecule has 0 atom stereocenters. The average Bonchev–Trinajstić information content (AvgIpc) is 2.44. The van der Waals surface area contributed by atoms with E-state index in [4.69, 9.17) is 13.3 Å². The van der Waals surface area contributed by atoms with Gasteiger partial charge in [-0.15, -0.1) is 0 Å². The van der Waals surface area contributed by atoms with Gasteiger partial charge in [-0.3, -0.25) is 0 Å². The standard InChI is InChI=1S/C12H30NO5Si.ClH/c1-5-13(8-10-14,9-11-15)7-6-12-19(16-2,17-3)18-4;/h14-15H,5-12H2,1-4H3;1H/q+1;/p-1. The van der Waals surface area contributed by atoms with Crippen LogP contribution >= 0.6 is 0 Å². The number of hydrogen-bond acceptors (Lipinski definition) is 5. The Bertz CT molecular complexity index is 218. The molecule has 0 aromatic carbocycles. The van der Waals surface area contributed by atoms with Crippen molar-refractivity contribution in [2.75, 3.05) is 60.7 Å². The summed E-state index contributed by atoms with van der Waals surface area (Å²) in [7, 11) is 2.33. The summed E-state index contributed by atoms with van der Waals surface area (Å²) in [6.45, 7) is 5.45. The van der Waals surface area contributed by atoms with Crippen molar-refractivity contribution in [3.63, 3.8) is 0 Å². The zero-order valence-electron chi connectivity index (χ0n) is 13.1. The molecule has 0 unspecified atom stereocenters. The first-order valence-electron chi connectivity index (χ1n) is 6.80. The first-order valence-corrected chi connectivity index (χ1v) is 8.73. The van der Waals surface area contributed by atoms with Gasteiger partial charge in [0.25, 0.3) is 0 Å². The van der Waals surface area contributed by atoms with Crippen molar-refractivity contribution in [1.29, 1.82) is 0 Å². The topological polar surface area (TPSA) is 68.2 Å². The minimum atomic E-state index is -2.51. The second-order valence-corrected chi connectivity index (χ2v) is 7.77. The lowest BCUT2D eigenvalue weighted by molar-refractivity contribution is -0.927. The summed E-state index contributed by atoms with van der Waals surface area (Å²) in [6.07, 6.45) is 0.885. The molecule has 2 N–H and O–H groups in total. The molecular weight excluding hydrogens is 302 g/mol. The number of aliphatic hydroxyl groups is 2. The highest BCUT2D eigenvalue weighted by Gasteiger charge is 2.38. The van der Waals surface area contributed by atoms with Crippen LogP contribution in [0.3, 0.4) is 0 Å². The number of hydrogen-bond donors (Lipinski definition) is 2. The lowest BCUT2D eigenvalue weighted by Gasteiger charge is -2.37. The molecular formula is C12H30ClNO5Si. The average molecular weight is 332 g/mol. The minimum Gasteiger partial charge on any atom is -1.00 e. The van der Waals surface area contributed by atoms with Gasteiger partial charge in [-0.25, -0.2) is 0 Å². The quantitative estimate of drug-likeness (QED) is 0.296. The van der Waals surface area contributed by atoms with Gasteiger partial charge in [-0.05, 0) is 6.92 Å². The summed E-state index contributed by atoms with van der Waals surface area (Å²) in [5.74, 6) is 0. The Morgan fingerprint density at radius 3 is 1.65 bits per heavy atom. The SMILES string of the molecule is CC[N+](CCO)(CCO)CCC[Si](OC)(OC)OC.[Cl-]. The van der Waals surface area contributed by atoms with E-state index in [0.717, 1.165) is 25.6 Å². The second kappa shape index (κ2) is 11.9. The maximum Gasteiger partial charge on any atom is 0.500 e. The molecule has 0 rings (SSSR count). The van der Waals surface area contributed by atoms with Crippen molar-refractivity contribution in [2.45, 2.75) is 19.4 Å². The summed E-state index contributed by atoms with van der Waals surface area (Å²) in [5, 5.41) is 18.4. The highest BCUT2D eigenvalue weighted by Crippen LogP contribution is 2.17. The molecule has 0 aliphatic carbocycles. The van der Waals surface area contributed by atoms with E-state index in [2.05, 4.69) is 6.92 Å². The molecule has 0 amide bonds. The van der Waals surface area contributed by atoms with E-state index >= 15 is 0 Å². The number of aliphatic hydroxyl groups excluding tert-OH is 2. The lowest BCUT2D eigenvalue weighted by atomic mass is 10.3. The molecule has 0 heterocycles. The van der Waals surface area contributed by atoms with E-state index in [1.54, 1.807) is 21.3 Å². The third-order valence-corrected chi connectivity index (χ3v) is 6.70. The van der Waals surface area contributed by atoms with Crippen LogP contribution in [0.15, 0.2) is 0 Å². The summed E-state index contributed by atoms with van der Waals surface area (Å²) in [5.41, 5.74) is 0. The van der Waals surface area contributed by atoms with Crippen molar-refractivity contribution in [3.05, 3.63) is 0 Å². The predicted molar refractivity (Wildman–Crippen MR) is 75.8 cm³/mol. The summed E-state index contributed by atoms with van der Waals surface area (Å²) in [6, 6.07) is 0.743. The second-order valence-electron chi connectivity index (χ2n) is 4.67. The minimum absolute atomic E-state index is 0. The van der Waals surface area contributed by atoms with Crippen LogP contribution in [-0.4, -0.2) is 84.2 Å². The van der Waals surface area contributed by atoms with Crippen LogP contribution in [0.25, 0.3) is 0 Å². The number of rotatable bonds is 12. The molecule has 0 radical (unpaired) electrons. The zero-order valence-corrected chi connectivity index (χ0v) is 14.9. The fraction of sp³-hybridized carbons (Fsp3) is 1.00. The van der Waals surface area contributed by atoms with Gasteiger partial charge in [-0.1, -0.05) is 0 Å². The molecule has 0 aliphatic heterocycles. The van der Waals surface area contributed by atoms with E-state index in [9.17, 15) is 10.2 Å². The summed E-state index contributed by atoms with van der Waals surface area (Å²) in [4.78, 5) is 0. The van der Waals surface area contributed by atoms with Crippen LogP contribution in [0.2, 0.25) is 6.04 Å². The van der Waals surface area contributed by atoms with Crippen LogP contribution < -0.4 is 12.4 Å². The normalized spacial score (nSPS) is 12.3. The van der Waals surface area contributed by atoms with Gasteiger partial charge in [0.2, 0.25) is 0 Å². The molecule has 0 aromatic heterocycles. The number of likely N-dealkylation sites (N-methyl/N-ethyl adjacent to an activating group) is 1. The molecule has 20 heavy (non-hydrogen) atoms. The van der Waals surface area contributed by atoms with Gasteiger partial charge in [-0.2, -0.15) is 0 Å².